The van der Waals surface area contributed by atoms with E-state index >= 15 is 0 Å². The zero-order chi connectivity index (χ0) is 8.32. The molecule has 0 aliphatic carbocycles. The van der Waals surface area contributed by atoms with Gasteiger partial charge in [0.2, 0.25) is 0 Å². The molecule has 0 atom stereocenters. The van der Waals surface area contributed by atoms with Crippen LogP contribution in [0.1, 0.15) is 12.8 Å². The molecule has 0 unspecified atom stereocenters. The van der Waals surface area contributed by atoms with Crippen LogP contribution in [0, 0.1) is 0 Å². The van der Waals surface area contributed by atoms with Crippen molar-refractivity contribution in [1.82, 2.24) is 4.90 Å². The molecule has 1 heterocycles. The second-order valence-corrected chi connectivity index (χ2v) is 3.77. The van der Waals surface area contributed by atoms with Gasteiger partial charge in [0.15, 0.2) is 0 Å². The van der Waals surface area contributed by atoms with Crippen LogP contribution in [0.25, 0.3) is 0 Å². The van der Waals surface area contributed by atoms with Gasteiger partial charge in [-0.1, -0.05) is 0 Å². The molecule has 11 heavy (non-hydrogen) atoms. The van der Waals surface area contributed by atoms with Gasteiger partial charge in [0, 0.05) is 12.3 Å². The van der Waals surface area contributed by atoms with Crippen molar-refractivity contribution in [2.24, 2.45) is 0 Å². The number of alkyl halides is 2. The van der Waals surface area contributed by atoms with Crippen LogP contribution in [0.3, 0.4) is 0 Å². The highest BCUT2D eigenvalue weighted by molar-refractivity contribution is 7.98. The molecule has 0 spiro atoms. The number of halogens is 2. The van der Waals surface area contributed by atoms with E-state index in [0.29, 0.717) is 6.42 Å². The highest BCUT2D eigenvalue weighted by Gasteiger charge is 2.34. The molecule has 1 nitrogen and oxygen atoms in total. The first kappa shape index (κ1) is 9.26. The lowest BCUT2D eigenvalue weighted by Gasteiger charge is -2.31. The quantitative estimate of drug-likeness (QED) is 0.641. The van der Waals surface area contributed by atoms with E-state index in [2.05, 4.69) is 0 Å². The third kappa shape index (κ3) is 2.95. The molecule has 66 valence electrons. The Bertz CT molecular complexity index is 128. The van der Waals surface area contributed by atoms with Crippen molar-refractivity contribution in [3.8, 4) is 0 Å². The van der Waals surface area contributed by atoms with Crippen LogP contribution in [-0.4, -0.2) is 36.0 Å². The molecular weight excluding hydrogens is 168 g/mol. The Morgan fingerprint density at radius 2 is 2.27 bits per heavy atom. The predicted octanol–water partition coefficient (Wildman–Crippen LogP) is 2.04. The number of likely N-dealkylation sites (tertiary alicyclic amines) is 1. The molecule has 1 fully saturated rings. The number of thioether (sulfide) groups is 1. The van der Waals surface area contributed by atoms with Gasteiger partial charge in [-0.05, 0) is 19.2 Å². The Morgan fingerprint density at radius 1 is 1.55 bits per heavy atom. The van der Waals surface area contributed by atoms with Gasteiger partial charge < -0.3 is 0 Å². The van der Waals surface area contributed by atoms with E-state index in [1.165, 1.54) is 0 Å². The molecule has 0 aromatic carbocycles. The Morgan fingerprint density at radius 3 is 2.82 bits per heavy atom. The SMILES string of the molecule is CSCN1CCCC(F)(F)C1. The molecule has 0 bridgehead atoms. The molecule has 0 saturated carbocycles. The molecule has 1 saturated heterocycles. The summed E-state index contributed by atoms with van der Waals surface area (Å²) in [5.41, 5.74) is 0. The zero-order valence-corrected chi connectivity index (χ0v) is 7.46. The fourth-order valence-corrected chi connectivity index (χ4v) is 1.92. The average molecular weight is 181 g/mol. The fraction of sp³-hybridized carbons (Fsp3) is 1.00. The van der Waals surface area contributed by atoms with Crippen LogP contribution in [0.5, 0.6) is 0 Å². The number of nitrogens with zero attached hydrogens (tertiary/aromatic N) is 1. The van der Waals surface area contributed by atoms with E-state index in [1.54, 1.807) is 11.8 Å². The number of hydrogen-bond acceptors (Lipinski definition) is 2. The minimum absolute atomic E-state index is 0.0478. The summed E-state index contributed by atoms with van der Waals surface area (Å²) in [6.07, 6.45) is 2.64. The van der Waals surface area contributed by atoms with Gasteiger partial charge in [-0.25, -0.2) is 8.78 Å². The van der Waals surface area contributed by atoms with Crippen molar-refractivity contribution in [3.63, 3.8) is 0 Å². The van der Waals surface area contributed by atoms with Crippen LogP contribution in [0.15, 0.2) is 0 Å². The first-order valence-corrected chi connectivity index (χ1v) is 5.12. The molecule has 0 amide bonds. The average Bonchev–Trinajstić information content (AvgIpc) is 1.85. The highest BCUT2D eigenvalue weighted by Crippen LogP contribution is 2.26. The highest BCUT2D eigenvalue weighted by atomic mass is 32.2. The largest absolute Gasteiger partial charge is 0.288 e. The normalized spacial score (nSPS) is 25.4. The Balaban J connectivity index is 2.34. The number of hydrogen-bond donors (Lipinski definition) is 0. The van der Waals surface area contributed by atoms with Gasteiger partial charge in [-0.3, -0.25) is 4.90 Å². The molecule has 1 aliphatic rings. The van der Waals surface area contributed by atoms with Gasteiger partial charge in [-0.15, -0.1) is 11.8 Å². The van der Waals surface area contributed by atoms with Crippen molar-refractivity contribution in [2.45, 2.75) is 18.8 Å². The second-order valence-electron chi connectivity index (χ2n) is 2.93. The van der Waals surface area contributed by atoms with E-state index in [1.807, 2.05) is 11.2 Å². The Kier molecular flexibility index (Phi) is 3.13. The van der Waals surface area contributed by atoms with E-state index in [4.69, 9.17) is 0 Å². The van der Waals surface area contributed by atoms with Crippen LogP contribution in [0.4, 0.5) is 8.78 Å². The topological polar surface area (TPSA) is 3.24 Å². The van der Waals surface area contributed by atoms with Gasteiger partial charge in [-0.2, -0.15) is 0 Å². The summed E-state index contributed by atoms with van der Waals surface area (Å²) in [7, 11) is 0. The smallest absolute Gasteiger partial charge is 0.260 e. The third-order valence-electron chi connectivity index (χ3n) is 1.78. The van der Waals surface area contributed by atoms with Crippen LogP contribution < -0.4 is 0 Å². The van der Waals surface area contributed by atoms with Crippen LogP contribution in [0.2, 0.25) is 0 Å². The first-order chi connectivity index (χ1) is 5.14. The lowest BCUT2D eigenvalue weighted by atomic mass is 10.1. The molecular formula is C7H13F2NS. The minimum atomic E-state index is -2.44. The number of piperidine rings is 1. The molecule has 0 radical (unpaired) electrons. The van der Waals surface area contributed by atoms with Gasteiger partial charge in [0.25, 0.3) is 5.92 Å². The third-order valence-corrected chi connectivity index (χ3v) is 2.41. The lowest BCUT2D eigenvalue weighted by molar-refractivity contribution is -0.0587. The molecule has 0 aromatic rings. The first-order valence-electron chi connectivity index (χ1n) is 3.73. The van der Waals surface area contributed by atoms with Crippen molar-refractivity contribution in [2.75, 3.05) is 25.2 Å². The maximum atomic E-state index is 12.7. The Hall–Kier alpha value is 0.170. The lowest BCUT2D eigenvalue weighted by Crippen LogP contribution is -2.42. The minimum Gasteiger partial charge on any atom is -0.288 e. The van der Waals surface area contributed by atoms with E-state index < -0.39 is 5.92 Å². The summed E-state index contributed by atoms with van der Waals surface area (Å²) in [5.74, 6) is -1.70. The predicted molar refractivity (Wildman–Crippen MR) is 44.1 cm³/mol. The van der Waals surface area contributed by atoms with E-state index in [9.17, 15) is 8.78 Å². The van der Waals surface area contributed by atoms with Crippen LogP contribution in [-0.2, 0) is 0 Å². The monoisotopic (exact) mass is 181 g/mol. The number of rotatable bonds is 2. The maximum Gasteiger partial charge on any atom is 0.260 e. The van der Waals surface area contributed by atoms with E-state index in [0.717, 1.165) is 12.4 Å². The maximum absolute atomic E-state index is 12.7. The summed E-state index contributed by atoms with van der Waals surface area (Å²) >= 11 is 1.60. The summed E-state index contributed by atoms with van der Waals surface area (Å²) in [6, 6.07) is 0. The Labute approximate surface area is 70.1 Å². The summed E-state index contributed by atoms with van der Waals surface area (Å²) in [5, 5.41) is 0. The van der Waals surface area contributed by atoms with Gasteiger partial charge >= 0.3 is 0 Å². The molecule has 1 aliphatic heterocycles. The standard InChI is InChI=1S/C7H13F2NS/c1-11-6-10-4-2-3-7(8,9)5-10/h2-6H2,1H3. The van der Waals surface area contributed by atoms with Gasteiger partial charge in [0.1, 0.15) is 0 Å². The second kappa shape index (κ2) is 3.72. The van der Waals surface area contributed by atoms with Crippen molar-refractivity contribution in [3.05, 3.63) is 0 Å². The van der Waals surface area contributed by atoms with Crippen LogP contribution >= 0.6 is 11.8 Å². The summed E-state index contributed by atoms with van der Waals surface area (Å²) < 4.78 is 25.5. The van der Waals surface area contributed by atoms with Gasteiger partial charge in [0.05, 0.1) is 6.54 Å². The molecule has 0 N–H and O–H groups in total. The van der Waals surface area contributed by atoms with Crippen molar-refractivity contribution in [1.29, 1.82) is 0 Å². The van der Waals surface area contributed by atoms with Crippen molar-refractivity contribution >= 4 is 11.8 Å². The summed E-state index contributed by atoms with van der Waals surface area (Å²) in [4.78, 5) is 1.81. The zero-order valence-electron chi connectivity index (χ0n) is 6.65. The summed E-state index contributed by atoms with van der Waals surface area (Å²) in [6.45, 7) is 0.782. The molecule has 4 heteroatoms. The molecule has 0 aromatic heterocycles. The molecule has 1 rings (SSSR count). The fourth-order valence-electron chi connectivity index (χ4n) is 1.34. The van der Waals surface area contributed by atoms with E-state index in [-0.39, 0.29) is 13.0 Å². The van der Waals surface area contributed by atoms with Crippen molar-refractivity contribution < 1.29 is 8.78 Å².